The molecule has 0 unspecified atom stereocenters. The van der Waals surface area contributed by atoms with Gasteiger partial charge >= 0.3 is 0 Å². The summed E-state index contributed by atoms with van der Waals surface area (Å²) in [5.41, 5.74) is 0. The number of rotatable bonds is 5. The number of carbonyl (C=O) groups excluding carboxylic acids is 1. The van der Waals surface area contributed by atoms with Crippen molar-refractivity contribution in [3.8, 4) is 5.75 Å². The van der Waals surface area contributed by atoms with Crippen molar-refractivity contribution in [2.75, 3.05) is 26.2 Å². The van der Waals surface area contributed by atoms with Gasteiger partial charge in [-0.15, -0.1) is 0 Å². The Bertz CT molecular complexity index is 681. The molecular weight excluding hydrogens is 315 g/mol. The van der Waals surface area contributed by atoms with Gasteiger partial charge in [-0.05, 0) is 24.3 Å². The van der Waals surface area contributed by atoms with Crippen molar-refractivity contribution in [3.63, 3.8) is 0 Å². The predicted octanol–water partition coefficient (Wildman–Crippen LogP) is 1.45. The number of amides is 1. The Labute approximate surface area is 139 Å². The van der Waals surface area contributed by atoms with Crippen LogP contribution < -0.4 is 4.74 Å². The summed E-state index contributed by atoms with van der Waals surface area (Å²) >= 11 is 0. The fourth-order valence-electron chi connectivity index (χ4n) is 2.50. The van der Waals surface area contributed by atoms with Crippen molar-refractivity contribution >= 4 is 5.91 Å². The number of nitrogens with zero attached hydrogens (tertiary/aromatic N) is 4. The molecule has 0 bridgehead atoms. The number of halogens is 1. The molecule has 3 rings (SSSR count). The third-order valence-electron chi connectivity index (χ3n) is 3.87. The molecule has 0 spiro atoms. The molecule has 1 saturated heterocycles. The SMILES string of the molecule is CC(=O)N1CCN(Cc2nc(COc3ccc(F)cc3)no2)CC1. The summed E-state index contributed by atoms with van der Waals surface area (Å²) in [5.74, 6) is 1.30. The van der Waals surface area contributed by atoms with Gasteiger partial charge in [0.25, 0.3) is 0 Å². The highest BCUT2D eigenvalue weighted by atomic mass is 19.1. The molecule has 128 valence electrons. The van der Waals surface area contributed by atoms with E-state index in [2.05, 4.69) is 15.0 Å². The first kappa shape index (κ1) is 16.4. The zero-order valence-corrected chi connectivity index (χ0v) is 13.4. The van der Waals surface area contributed by atoms with E-state index in [1.54, 1.807) is 19.1 Å². The molecule has 2 heterocycles. The second-order valence-corrected chi connectivity index (χ2v) is 5.63. The quantitative estimate of drug-likeness (QED) is 0.824. The van der Waals surface area contributed by atoms with Crippen LogP contribution in [0.15, 0.2) is 28.8 Å². The number of aromatic nitrogens is 2. The molecule has 1 amide bonds. The summed E-state index contributed by atoms with van der Waals surface area (Å²) in [4.78, 5) is 19.6. The van der Waals surface area contributed by atoms with E-state index >= 15 is 0 Å². The highest BCUT2D eigenvalue weighted by molar-refractivity contribution is 5.73. The molecule has 24 heavy (non-hydrogen) atoms. The Morgan fingerprint density at radius 2 is 1.96 bits per heavy atom. The van der Waals surface area contributed by atoms with Crippen LogP contribution in [0.2, 0.25) is 0 Å². The van der Waals surface area contributed by atoms with Crippen LogP contribution in [0.25, 0.3) is 0 Å². The van der Waals surface area contributed by atoms with Gasteiger partial charge in [0, 0.05) is 33.1 Å². The first-order chi connectivity index (χ1) is 11.6. The highest BCUT2D eigenvalue weighted by Crippen LogP contribution is 2.13. The summed E-state index contributed by atoms with van der Waals surface area (Å²) in [7, 11) is 0. The van der Waals surface area contributed by atoms with Crippen molar-refractivity contribution in [2.45, 2.75) is 20.1 Å². The molecule has 7 nitrogen and oxygen atoms in total. The van der Waals surface area contributed by atoms with Gasteiger partial charge < -0.3 is 14.2 Å². The normalized spacial score (nSPS) is 15.5. The third kappa shape index (κ3) is 4.29. The zero-order valence-electron chi connectivity index (χ0n) is 13.4. The summed E-state index contributed by atoms with van der Waals surface area (Å²) in [5, 5.41) is 3.88. The van der Waals surface area contributed by atoms with Crippen molar-refractivity contribution in [2.24, 2.45) is 0 Å². The first-order valence-electron chi connectivity index (χ1n) is 7.78. The van der Waals surface area contributed by atoms with E-state index in [1.165, 1.54) is 12.1 Å². The van der Waals surface area contributed by atoms with Crippen LogP contribution in [0, 0.1) is 5.82 Å². The van der Waals surface area contributed by atoms with E-state index in [9.17, 15) is 9.18 Å². The van der Waals surface area contributed by atoms with E-state index in [0.29, 0.717) is 37.1 Å². The fourth-order valence-corrected chi connectivity index (χ4v) is 2.50. The van der Waals surface area contributed by atoms with Crippen molar-refractivity contribution < 1.29 is 18.4 Å². The van der Waals surface area contributed by atoms with Crippen LogP contribution in [0.4, 0.5) is 4.39 Å². The summed E-state index contributed by atoms with van der Waals surface area (Å²) < 4.78 is 23.5. The molecule has 1 aliphatic rings. The lowest BCUT2D eigenvalue weighted by Crippen LogP contribution is -2.47. The van der Waals surface area contributed by atoms with Crippen LogP contribution in [-0.2, 0) is 17.9 Å². The molecule has 1 aromatic carbocycles. The molecule has 2 aromatic rings. The summed E-state index contributed by atoms with van der Waals surface area (Å²) in [6.45, 7) is 5.28. The smallest absolute Gasteiger partial charge is 0.240 e. The fraction of sp³-hybridized carbons (Fsp3) is 0.438. The van der Waals surface area contributed by atoms with E-state index in [0.717, 1.165) is 13.1 Å². The van der Waals surface area contributed by atoms with Crippen molar-refractivity contribution in [1.29, 1.82) is 0 Å². The standard InChI is InChI=1S/C16H19FN4O3/c1-12(22)21-8-6-20(7-9-21)10-16-18-15(19-24-16)11-23-14-4-2-13(17)3-5-14/h2-5H,6-11H2,1H3. The van der Waals surface area contributed by atoms with Crippen LogP contribution in [0.5, 0.6) is 5.75 Å². The topological polar surface area (TPSA) is 71.7 Å². The van der Waals surface area contributed by atoms with E-state index < -0.39 is 0 Å². The van der Waals surface area contributed by atoms with Gasteiger partial charge in [0.2, 0.25) is 17.6 Å². The second-order valence-electron chi connectivity index (χ2n) is 5.63. The molecule has 0 atom stereocenters. The average Bonchev–Trinajstić information content (AvgIpc) is 3.02. The van der Waals surface area contributed by atoms with Gasteiger partial charge in [0.05, 0.1) is 6.54 Å². The second kappa shape index (κ2) is 7.39. The Hall–Kier alpha value is -2.48. The maximum atomic E-state index is 12.8. The Morgan fingerprint density at radius 3 is 2.62 bits per heavy atom. The van der Waals surface area contributed by atoms with Gasteiger partial charge in [-0.1, -0.05) is 5.16 Å². The van der Waals surface area contributed by atoms with Gasteiger partial charge in [-0.3, -0.25) is 9.69 Å². The monoisotopic (exact) mass is 334 g/mol. The van der Waals surface area contributed by atoms with Gasteiger partial charge in [-0.25, -0.2) is 4.39 Å². The number of carbonyl (C=O) groups is 1. The maximum Gasteiger partial charge on any atom is 0.240 e. The number of benzene rings is 1. The largest absolute Gasteiger partial charge is 0.485 e. The van der Waals surface area contributed by atoms with Gasteiger partial charge in [0.15, 0.2) is 6.61 Å². The molecule has 0 radical (unpaired) electrons. The van der Waals surface area contributed by atoms with Gasteiger partial charge in [-0.2, -0.15) is 4.98 Å². The van der Waals surface area contributed by atoms with E-state index in [-0.39, 0.29) is 18.3 Å². The van der Waals surface area contributed by atoms with Crippen molar-refractivity contribution in [3.05, 3.63) is 41.8 Å². The van der Waals surface area contributed by atoms with E-state index in [1.807, 2.05) is 4.90 Å². The zero-order chi connectivity index (χ0) is 16.9. The Kier molecular flexibility index (Phi) is 5.05. The lowest BCUT2D eigenvalue weighted by molar-refractivity contribution is -0.130. The molecule has 0 aliphatic carbocycles. The lowest BCUT2D eigenvalue weighted by atomic mass is 10.3. The van der Waals surface area contributed by atoms with E-state index in [4.69, 9.17) is 9.26 Å². The Morgan fingerprint density at radius 1 is 1.25 bits per heavy atom. The number of ether oxygens (including phenoxy) is 1. The van der Waals surface area contributed by atoms with Crippen LogP contribution >= 0.6 is 0 Å². The molecule has 0 saturated carbocycles. The first-order valence-corrected chi connectivity index (χ1v) is 7.78. The minimum absolute atomic E-state index is 0.104. The predicted molar refractivity (Wildman–Crippen MR) is 82.6 cm³/mol. The van der Waals surface area contributed by atoms with Gasteiger partial charge in [0.1, 0.15) is 11.6 Å². The molecule has 8 heteroatoms. The molecule has 1 aromatic heterocycles. The molecule has 1 fully saturated rings. The number of piperazine rings is 1. The van der Waals surface area contributed by atoms with Crippen LogP contribution in [-0.4, -0.2) is 52.0 Å². The molecule has 1 aliphatic heterocycles. The number of hydrogen-bond donors (Lipinski definition) is 0. The molecular formula is C16H19FN4O3. The maximum absolute atomic E-state index is 12.8. The number of hydrogen-bond acceptors (Lipinski definition) is 6. The summed E-state index contributed by atoms with van der Waals surface area (Å²) in [6, 6.07) is 5.75. The highest BCUT2D eigenvalue weighted by Gasteiger charge is 2.20. The van der Waals surface area contributed by atoms with Crippen LogP contribution in [0.3, 0.4) is 0 Å². The lowest BCUT2D eigenvalue weighted by Gasteiger charge is -2.33. The van der Waals surface area contributed by atoms with Crippen molar-refractivity contribution in [1.82, 2.24) is 19.9 Å². The minimum atomic E-state index is -0.311. The van der Waals surface area contributed by atoms with Crippen LogP contribution in [0.1, 0.15) is 18.6 Å². The molecule has 0 N–H and O–H groups in total. The minimum Gasteiger partial charge on any atom is -0.485 e. The average molecular weight is 334 g/mol. The Balaban J connectivity index is 1.47. The summed E-state index contributed by atoms with van der Waals surface area (Å²) in [6.07, 6.45) is 0. The third-order valence-corrected chi connectivity index (χ3v) is 3.87.